The molecule has 2 N–H and O–H groups in total. The van der Waals surface area contributed by atoms with Gasteiger partial charge in [0.1, 0.15) is 5.82 Å². The number of rotatable bonds is 1. The molecule has 1 aliphatic rings. The highest BCUT2D eigenvalue weighted by Crippen LogP contribution is 2.29. The van der Waals surface area contributed by atoms with Crippen molar-refractivity contribution in [3.8, 4) is 0 Å². The van der Waals surface area contributed by atoms with Gasteiger partial charge in [0.25, 0.3) is 0 Å². The maximum atomic E-state index is 4.71. The lowest BCUT2D eigenvalue weighted by Crippen LogP contribution is -2.22. The third-order valence-electron chi connectivity index (χ3n) is 3.82. The van der Waals surface area contributed by atoms with Crippen LogP contribution >= 0.6 is 0 Å². The maximum absolute atomic E-state index is 4.71. The number of benzene rings is 2. The van der Waals surface area contributed by atoms with Crippen LogP contribution in [0.25, 0.3) is 11.0 Å². The molecule has 94 valence electrons. The first-order chi connectivity index (χ1) is 9.40. The topological polar surface area (TPSA) is 40.7 Å². The second-order valence-corrected chi connectivity index (χ2v) is 5.08. The van der Waals surface area contributed by atoms with E-state index in [4.69, 9.17) is 4.98 Å². The van der Waals surface area contributed by atoms with Crippen molar-refractivity contribution >= 4 is 16.7 Å². The van der Waals surface area contributed by atoms with E-state index in [-0.39, 0.29) is 0 Å². The fraction of sp³-hybridized carbons (Fsp3) is 0.188. The van der Waals surface area contributed by atoms with E-state index in [2.05, 4.69) is 46.7 Å². The first kappa shape index (κ1) is 10.6. The molecule has 4 rings (SSSR count). The number of aromatic nitrogens is 2. The second kappa shape index (κ2) is 4.12. The highest BCUT2D eigenvalue weighted by atomic mass is 15.0. The summed E-state index contributed by atoms with van der Waals surface area (Å²) in [6.07, 6.45) is 1.04. The molecule has 0 radical (unpaired) electrons. The van der Waals surface area contributed by atoms with Crippen molar-refractivity contribution in [2.75, 3.05) is 11.9 Å². The number of imidazole rings is 1. The van der Waals surface area contributed by atoms with Gasteiger partial charge < -0.3 is 10.3 Å². The number of nitrogens with zero attached hydrogens (tertiary/aromatic N) is 1. The Bertz CT molecular complexity index is 696. The van der Waals surface area contributed by atoms with E-state index in [9.17, 15) is 0 Å². The zero-order valence-electron chi connectivity index (χ0n) is 10.6. The molecule has 1 unspecified atom stereocenters. The van der Waals surface area contributed by atoms with Crippen LogP contribution in [-0.4, -0.2) is 16.5 Å². The smallest absolute Gasteiger partial charge is 0.112 e. The number of nitrogens with one attached hydrogen (secondary N) is 2. The van der Waals surface area contributed by atoms with Crippen LogP contribution in [0.1, 0.15) is 17.3 Å². The predicted octanol–water partition coefficient (Wildman–Crippen LogP) is 3.31. The molecule has 1 aromatic heterocycles. The largest absolute Gasteiger partial charge is 0.384 e. The Labute approximate surface area is 111 Å². The van der Waals surface area contributed by atoms with Crippen molar-refractivity contribution < 1.29 is 0 Å². The van der Waals surface area contributed by atoms with Crippen molar-refractivity contribution in [2.24, 2.45) is 0 Å². The molecule has 0 bridgehead atoms. The fourth-order valence-electron chi connectivity index (χ4n) is 2.80. The minimum Gasteiger partial charge on any atom is -0.384 e. The van der Waals surface area contributed by atoms with Crippen molar-refractivity contribution in [3.05, 3.63) is 59.9 Å². The first-order valence-corrected chi connectivity index (χ1v) is 6.66. The molecule has 0 amide bonds. The Hall–Kier alpha value is -2.29. The summed E-state index contributed by atoms with van der Waals surface area (Å²) in [5.74, 6) is 1.51. The third-order valence-corrected chi connectivity index (χ3v) is 3.82. The molecule has 1 aliphatic heterocycles. The van der Waals surface area contributed by atoms with Gasteiger partial charge in [-0.05, 0) is 30.2 Å². The molecule has 3 heteroatoms. The summed E-state index contributed by atoms with van der Waals surface area (Å²) in [5, 5.41) is 3.50. The summed E-state index contributed by atoms with van der Waals surface area (Å²) < 4.78 is 0. The van der Waals surface area contributed by atoms with E-state index >= 15 is 0 Å². The van der Waals surface area contributed by atoms with Crippen LogP contribution in [0.2, 0.25) is 0 Å². The quantitative estimate of drug-likeness (QED) is 0.694. The van der Waals surface area contributed by atoms with Crippen LogP contribution < -0.4 is 5.32 Å². The van der Waals surface area contributed by atoms with Gasteiger partial charge in [-0.15, -0.1) is 0 Å². The molecule has 0 saturated heterocycles. The van der Waals surface area contributed by atoms with E-state index in [1.54, 1.807) is 0 Å². The predicted molar refractivity (Wildman–Crippen MR) is 77.5 cm³/mol. The van der Waals surface area contributed by atoms with Crippen LogP contribution in [0.5, 0.6) is 0 Å². The Morgan fingerprint density at radius 2 is 1.84 bits per heavy atom. The molecular formula is C16H15N3. The molecule has 3 aromatic rings. The summed E-state index contributed by atoms with van der Waals surface area (Å²) in [6.45, 7) is 0.941. The zero-order valence-corrected chi connectivity index (χ0v) is 10.6. The van der Waals surface area contributed by atoms with Crippen molar-refractivity contribution in [3.63, 3.8) is 0 Å². The van der Waals surface area contributed by atoms with Gasteiger partial charge in [0.2, 0.25) is 0 Å². The number of H-pyrrole nitrogens is 1. The summed E-state index contributed by atoms with van der Waals surface area (Å²) in [6, 6.07) is 16.7. The average molecular weight is 249 g/mol. The summed E-state index contributed by atoms with van der Waals surface area (Å²) in [4.78, 5) is 8.16. The number of fused-ring (bicyclic) bond motifs is 2. The van der Waals surface area contributed by atoms with E-state index in [1.807, 2.05) is 12.1 Å². The lowest BCUT2D eigenvalue weighted by Gasteiger charge is -2.24. The van der Waals surface area contributed by atoms with Crippen LogP contribution in [0.4, 0.5) is 5.69 Å². The summed E-state index contributed by atoms with van der Waals surface area (Å²) >= 11 is 0. The van der Waals surface area contributed by atoms with Gasteiger partial charge in [-0.3, -0.25) is 0 Å². The monoisotopic (exact) mass is 249 g/mol. The van der Waals surface area contributed by atoms with Gasteiger partial charge in [-0.2, -0.15) is 0 Å². The maximum Gasteiger partial charge on any atom is 0.112 e. The number of hydrogen-bond donors (Lipinski definition) is 2. The SMILES string of the molecule is c1ccc2c(c1)CC(c1nc3ccccc3[nH]1)CN2. The Balaban J connectivity index is 1.70. The number of anilines is 1. The highest BCUT2D eigenvalue weighted by Gasteiger charge is 2.21. The summed E-state index contributed by atoms with van der Waals surface area (Å²) in [7, 11) is 0. The van der Waals surface area contributed by atoms with Crippen molar-refractivity contribution in [1.82, 2.24) is 9.97 Å². The standard InChI is InChI=1S/C16H15N3/c1-2-6-13-11(5-1)9-12(10-17-13)16-18-14-7-3-4-8-15(14)19-16/h1-8,12,17H,9-10H2,(H,18,19). The lowest BCUT2D eigenvalue weighted by molar-refractivity contribution is 0.659. The molecule has 2 aromatic carbocycles. The van der Waals surface area contributed by atoms with Crippen molar-refractivity contribution in [2.45, 2.75) is 12.3 Å². The molecule has 2 heterocycles. The van der Waals surface area contributed by atoms with Crippen LogP contribution in [0, 0.1) is 0 Å². The second-order valence-electron chi connectivity index (χ2n) is 5.08. The Kier molecular flexibility index (Phi) is 2.30. The molecular weight excluding hydrogens is 234 g/mol. The first-order valence-electron chi connectivity index (χ1n) is 6.66. The Morgan fingerprint density at radius 1 is 1.00 bits per heavy atom. The minimum atomic E-state index is 0.419. The lowest BCUT2D eigenvalue weighted by atomic mass is 9.93. The number of aromatic amines is 1. The minimum absolute atomic E-state index is 0.419. The van der Waals surface area contributed by atoms with Gasteiger partial charge >= 0.3 is 0 Å². The molecule has 3 nitrogen and oxygen atoms in total. The zero-order chi connectivity index (χ0) is 12.7. The van der Waals surface area contributed by atoms with E-state index in [0.717, 1.165) is 29.8 Å². The Morgan fingerprint density at radius 3 is 2.79 bits per heavy atom. The van der Waals surface area contributed by atoms with Gasteiger partial charge in [-0.1, -0.05) is 30.3 Å². The molecule has 0 saturated carbocycles. The number of para-hydroxylation sites is 3. The third kappa shape index (κ3) is 1.78. The molecule has 0 fully saturated rings. The van der Waals surface area contributed by atoms with Gasteiger partial charge in [0.15, 0.2) is 0 Å². The molecule has 0 aliphatic carbocycles. The van der Waals surface area contributed by atoms with Gasteiger partial charge in [0.05, 0.1) is 11.0 Å². The summed E-state index contributed by atoms with van der Waals surface area (Å²) in [5.41, 5.74) is 4.81. The molecule has 19 heavy (non-hydrogen) atoms. The van der Waals surface area contributed by atoms with Crippen LogP contribution in [0.3, 0.4) is 0 Å². The number of hydrogen-bond acceptors (Lipinski definition) is 2. The van der Waals surface area contributed by atoms with E-state index in [1.165, 1.54) is 11.3 Å². The van der Waals surface area contributed by atoms with E-state index in [0.29, 0.717) is 5.92 Å². The highest BCUT2D eigenvalue weighted by molar-refractivity contribution is 5.75. The average Bonchev–Trinajstić information content (AvgIpc) is 2.90. The molecule has 1 atom stereocenters. The van der Waals surface area contributed by atoms with Gasteiger partial charge in [0, 0.05) is 18.2 Å². The molecule has 0 spiro atoms. The van der Waals surface area contributed by atoms with Crippen LogP contribution in [0.15, 0.2) is 48.5 Å². The van der Waals surface area contributed by atoms with Crippen LogP contribution in [-0.2, 0) is 6.42 Å². The van der Waals surface area contributed by atoms with Gasteiger partial charge in [-0.25, -0.2) is 4.98 Å². The normalized spacial score (nSPS) is 18.0. The van der Waals surface area contributed by atoms with E-state index < -0.39 is 0 Å². The fourth-order valence-corrected chi connectivity index (χ4v) is 2.80. The van der Waals surface area contributed by atoms with Crippen molar-refractivity contribution in [1.29, 1.82) is 0 Å².